The lowest BCUT2D eigenvalue weighted by molar-refractivity contribution is -0.121. The fraction of sp³-hybridized carbons (Fsp3) is 0.500. The molecule has 0 saturated carbocycles. The van der Waals surface area contributed by atoms with Gasteiger partial charge in [0.1, 0.15) is 28.3 Å². The Kier molecular flexibility index (Phi) is 4.46. The molecule has 0 radical (unpaired) electrons. The van der Waals surface area contributed by atoms with Crippen molar-refractivity contribution >= 4 is 21.7 Å². The van der Waals surface area contributed by atoms with Crippen LogP contribution in [0.4, 0.5) is 5.82 Å². The number of piperidine rings is 1. The van der Waals surface area contributed by atoms with Gasteiger partial charge in [-0.15, -0.1) is 0 Å². The van der Waals surface area contributed by atoms with Gasteiger partial charge in [0.05, 0.1) is 5.69 Å². The van der Waals surface area contributed by atoms with E-state index in [0.717, 1.165) is 5.69 Å². The van der Waals surface area contributed by atoms with E-state index in [9.17, 15) is 13.2 Å². The maximum atomic E-state index is 12.8. The first-order valence-electron chi connectivity index (χ1n) is 8.10. The summed E-state index contributed by atoms with van der Waals surface area (Å²) in [6.45, 7) is 5.67. The van der Waals surface area contributed by atoms with E-state index < -0.39 is 16.1 Å². The average Bonchev–Trinajstić information content (AvgIpc) is 3.03. The van der Waals surface area contributed by atoms with Crippen molar-refractivity contribution in [3.05, 3.63) is 29.3 Å². The summed E-state index contributed by atoms with van der Waals surface area (Å²) in [5, 5.41) is 4.25. The van der Waals surface area contributed by atoms with Crippen LogP contribution in [0.2, 0.25) is 0 Å². The lowest BCUT2D eigenvalue weighted by atomic mass is 10.1. The first kappa shape index (κ1) is 17.7. The molecule has 1 aliphatic rings. The molecule has 0 spiro atoms. The van der Waals surface area contributed by atoms with Crippen LogP contribution in [0.1, 0.15) is 30.1 Å². The van der Waals surface area contributed by atoms with Crippen LogP contribution < -0.4 is 9.62 Å². The third kappa shape index (κ3) is 3.34. The van der Waals surface area contributed by atoms with E-state index in [0.29, 0.717) is 36.7 Å². The highest BCUT2D eigenvalue weighted by atomic mass is 32.2. The van der Waals surface area contributed by atoms with Gasteiger partial charge in [0.15, 0.2) is 0 Å². The van der Waals surface area contributed by atoms with Crippen molar-refractivity contribution in [2.75, 3.05) is 11.4 Å². The van der Waals surface area contributed by atoms with Gasteiger partial charge in [0, 0.05) is 19.7 Å². The first-order valence-corrected chi connectivity index (χ1v) is 9.59. The zero-order valence-corrected chi connectivity index (χ0v) is 15.6. The summed E-state index contributed by atoms with van der Waals surface area (Å²) in [5.41, 5.74) is 0.803. The smallest absolute Gasteiger partial charge is 0.246 e. The van der Waals surface area contributed by atoms with E-state index in [-0.39, 0.29) is 10.8 Å². The third-order valence-electron chi connectivity index (χ3n) is 4.27. The van der Waals surface area contributed by atoms with Crippen LogP contribution in [-0.4, -0.2) is 36.7 Å². The largest absolute Gasteiger partial charge is 0.465 e. The number of carbonyl (C=O) groups is 1. The molecular formula is C16H22N4O4S. The minimum absolute atomic E-state index is 0.0753. The fourth-order valence-corrected chi connectivity index (χ4v) is 4.65. The Labute approximate surface area is 146 Å². The number of rotatable bonds is 4. The highest BCUT2D eigenvalue weighted by Gasteiger charge is 2.35. The molecule has 0 bridgehead atoms. The number of aromatic nitrogens is 2. The van der Waals surface area contributed by atoms with Gasteiger partial charge in [0.2, 0.25) is 15.9 Å². The van der Waals surface area contributed by atoms with Crippen LogP contribution >= 0.6 is 0 Å². The number of anilines is 1. The summed E-state index contributed by atoms with van der Waals surface area (Å²) in [6, 6.07) is 2.48. The van der Waals surface area contributed by atoms with Gasteiger partial charge in [-0.3, -0.25) is 14.4 Å². The number of carbonyl (C=O) groups excluding carboxylic acids is 1. The van der Waals surface area contributed by atoms with Crippen LogP contribution in [0.3, 0.4) is 0 Å². The summed E-state index contributed by atoms with van der Waals surface area (Å²) in [4.78, 5) is 14.5. The Balaban J connectivity index is 1.84. The minimum atomic E-state index is -3.83. The maximum Gasteiger partial charge on any atom is 0.246 e. The third-order valence-corrected chi connectivity index (χ3v) is 5.85. The quantitative estimate of drug-likeness (QED) is 0.882. The fourth-order valence-electron chi connectivity index (χ4n) is 3.19. The molecule has 0 aliphatic carbocycles. The summed E-state index contributed by atoms with van der Waals surface area (Å²) in [6.07, 6.45) is 1.16. The highest BCUT2D eigenvalue weighted by Crippen LogP contribution is 2.24. The molecule has 8 nitrogen and oxygen atoms in total. The summed E-state index contributed by atoms with van der Waals surface area (Å²) in [5.74, 6) is 1.23. The molecule has 9 heteroatoms. The van der Waals surface area contributed by atoms with Crippen LogP contribution in [0.25, 0.3) is 0 Å². The number of aryl methyl sites for hydroxylation is 4. The highest BCUT2D eigenvalue weighted by molar-refractivity contribution is 7.89. The van der Waals surface area contributed by atoms with Crippen LogP contribution in [0.5, 0.6) is 0 Å². The van der Waals surface area contributed by atoms with E-state index >= 15 is 0 Å². The molecule has 0 aromatic carbocycles. The van der Waals surface area contributed by atoms with Gasteiger partial charge in [-0.05, 0) is 39.7 Å². The van der Waals surface area contributed by atoms with Gasteiger partial charge in [0.25, 0.3) is 0 Å². The SMILES string of the molecule is Cc1cc(N2CCC[C@@H](NS(=O)(=O)c3cc(C)oc3C)C2=O)n(C)n1. The number of hydrogen-bond acceptors (Lipinski definition) is 5. The molecule has 3 heterocycles. The molecule has 0 unspecified atom stereocenters. The van der Waals surface area contributed by atoms with Crippen LogP contribution in [0.15, 0.2) is 21.4 Å². The molecule has 136 valence electrons. The molecule has 1 N–H and O–H groups in total. The standard InChI is InChI=1S/C16H22N4O4S/c1-10-8-15(19(4)17-10)20-7-5-6-13(16(20)21)18-25(22,23)14-9-11(2)24-12(14)3/h8-9,13,18H,5-7H2,1-4H3/t13-/m1/s1. The Morgan fingerprint density at radius 1 is 1.28 bits per heavy atom. The summed E-state index contributed by atoms with van der Waals surface area (Å²) < 4.78 is 34.7. The normalized spacial score (nSPS) is 18.8. The maximum absolute atomic E-state index is 12.8. The van der Waals surface area contributed by atoms with Crippen molar-refractivity contribution in [1.82, 2.24) is 14.5 Å². The molecule has 3 rings (SSSR count). The van der Waals surface area contributed by atoms with Gasteiger partial charge >= 0.3 is 0 Å². The average molecular weight is 366 g/mol. The van der Waals surface area contributed by atoms with Crippen molar-refractivity contribution < 1.29 is 17.6 Å². The zero-order chi connectivity index (χ0) is 18.4. The molecule has 1 atom stereocenters. The van der Waals surface area contributed by atoms with Gasteiger partial charge in [-0.1, -0.05) is 0 Å². The van der Waals surface area contributed by atoms with Gasteiger partial charge in [-0.2, -0.15) is 9.82 Å². The second-order valence-corrected chi connectivity index (χ2v) is 8.03. The molecule has 1 fully saturated rings. The van der Waals surface area contributed by atoms with E-state index in [1.165, 1.54) is 6.07 Å². The Hall–Kier alpha value is -2.13. The molecule has 1 saturated heterocycles. The number of sulfonamides is 1. The summed E-state index contributed by atoms with van der Waals surface area (Å²) in [7, 11) is -2.06. The van der Waals surface area contributed by atoms with Crippen molar-refractivity contribution in [3.63, 3.8) is 0 Å². The Morgan fingerprint density at radius 3 is 2.56 bits per heavy atom. The molecule has 1 amide bonds. The lowest BCUT2D eigenvalue weighted by Gasteiger charge is -2.32. The number of furan rings is 1. The monoisotopic (exact) mass is 366 g/mol. The van der Waals surface area contributed by atoms with Crippen molar-refractivity contribution in [1.29, 1.82) is 0 Å². The van der Waals surface area contributed by atoms with Gasteiger partial charge < -0.3 is 4.42 Å². The van der Waals surface area contributed by atoms with Crippen molar-refractivity contribution in [2.24, 2.45) is 7.05 Å². The molecule has 1 aliphatic heterocycles. The second-order valence-electron chi connectivity index (χ2n) is 6.35. The molecule has 2 aromatic rings. The summed E-state index contributed by atoms with van der Waals surface area (Å²) >= 11 is 0. The van der Waals surface area contributed by atoms with E-state index in [1.807, 2.05) is 13.0 Å². The van der Waals surface area contributed by atoms with Crippen molar-refractivity contribution in [2.45, 2.75) is 44.6 Å². The number of nitrogens with zero attached hydrogens (tertiary/aromatic N) is 3. The topological polar surface area (TPSA) is 97.4 Å². The molecule has 25 heavy (non-hydrogen) atoms. The lowest BCUT2D eigenvalue weighted by Crippen LogP contribution is -2.52. The number of nitrogens with one attached hydrogen (secondary N) is 1. The number of hydrogen-bond donors (Lipinski definition) is 1. The van der Waals surface area contributed by atoms with Crippen LogP contribution in [-0.2, 0) is 21.9 Å². The van der Waals surface area contributed by atoms with Crippen LogP contribution in [0, 0.1) is 20.8 Å². The minimum Gasteiger partial charge on any atom is -0.465 e. The number of amides is 1. The van der Waals surface area contributed by atoms with Gasteiger partial charge in [-0.25, -0.2) is 8.42 Å². The Bertz CT molecular complexity index is 913. The predicted octanol–water partition coefficient (Wildman–Crippen LogP) is 1.41. The Morgan fingerprint density at radius 2 is 2.00 bits per heavy atom. The second kappa shape index (κ2) is 6.30. The molecule has 2 aromatic heterocycles. The zero-order valence-electron chi connectivity index (χ0n) is 14.7. The van der Waals surface area contributed by atoms with Crippen molar-refractivity contribution in [3.8, 4) is 0 Å². The van der Waals surface area contributed by atoms with E-state index in [1.54, 1.807) is 30.5 Å². The molecular weight excluding hydrogens is 344 g/mol. The van der Waals surface area contributed by atoms with E-state index in [2.05, 4.69) is 9.82 Å². The first-order chi connectivity index (χ1) is 11.7. The predicted molar refractivity (Wildman–Crippen MR) is 91.8 cm³/mol. The van der Waals surface area contributed by atoms with E-state index in [4.69, 9.17) is 4.42 Å².